The third-order valence-corrected chi connectivity index (χ3v) is 4.34. The first-order valence-corrected chi connectivity index (χ1v) is 7.39. The number of rotatable bonds is 1. The summed E-state index contributed by atoms with van der Waals surface area (Å²) in [6.07, 6.45) is -2.33. The lowest BCUT2D eigenvalue weighted by Crippen LogP contribution is -2.42. The molecule has 0 spiro atoms. The number of alkyl halides is 3. The lowest BCUT2D eigenvalue weighted by molar-refractivity contribution is -0.140. The van der Waals surface area contributed by atoms with Gasteiger partial charge in [0.2, 0.25) is 0 Å². The van der Waals surface area contributed by atoms with Crippen LogP contribution in [0.2, 0.25) is 0 Å². The van der Waals surface area contributed by atoms with Crippen LogP contribution in [0.25, 0.3) is 0 Å². The second-order valence-corrected chi connectivity index (χ2v) is 5.98. The SMILES string of the molecule is CC1CCCCN1C(=O)c1c(Br)ccc(C(F)(F)F)c1F. The molecule has 21 heavy (non-hydrogen) atoms. The van der Waals surface area contributed by atoms with E-state index in [-0.39, 0.29) is 10.5 Å². The van der Waals surface area contributed by atoms with Gasteiger partial charge in [-0.1, -0.05) is 0 Å². The molecule has 7 heteroatoms. The van der Waals surface area contributed by atoms with Crippen LogP contribution in [0, 0.1) is 5.82 Å². The first kappa shape index (κ1) is 16.3. The molecule has 116 valence electrons. The summed E-state index contributed by atoms with van der Waals surface area (Å²) in [4.78, 5) is 13.9. The van der Waals surface area contributed by atoms with Gasteiger partial charge in [-0.15, -0.1) is 0 Å². The molecule has 0 bridgehead atoms. The molecule has 1 fully saturated rings. The number of benzene rings is 1. The van der Waals surface area contributed by atoms with Gasteiger partial charge in [0.05, 0.1) is 11.1 Å². The van der Waals surface area contributed by atoms with Gasteiger partial charge in [0.1, 0.15) is 5.82 Å². The lowest BCUT2D eigenvalue weighted by atomic mass is 10.0. The van der Waals surface area contributed by atoms with Gasteiger partial charge in [-0.2, -0.15) is 13.2 Å². The molecule has 1 unspecified atom stereocenters. The average Bonchev–Trinajstić information content (AvgIpc) is 2.37. The van der Waals surface area contributed by atoms with Gasteiger partial charge >= 0.3 is 6.18 Å². The van der Waals surface area contributed by atoms with E-state index < -0.39 is 29.0 Å². The Bertz CT molecular complexity index is 559. The Morgan fingerprint density at radius 3 is 2.57 bits per heavy atom. The van der Waals surface area contributed by atoms with Crippen molar-refractivity contribution in [2.24, 2.45) is 0 Å². The molecule has 1 aromatic rings. The minimum Gasteiger partial charge on any atom is -0.336 e. The van der Waals surface area contributed by atoms with Crippen LogP contribution in [0.4, 0.5) is 17.6 Å². The number of likely N-dealkylation sites (tertiary alicyclic amines) is 1. The zero-order chi connectivity index (χ0) is 15.8. The summed E-state index contributed by atoms with van der Waals surface area (Å²) in [5.41, 5.74) is -1.96. The maximum Gasteiger partial charge on any atom is 0.419 e. The molecule has 1 aliphatic heterocycles. The minimum atomic E-state index is -4.83. The molecule has 2 rings (SSSR count). The highest BCUT2D eigenvalue weighted by atomic mass is 79.9. The van der Waals surface area contributed by atoms with Crippen molar-refractivity contribution in [1.29, 1.82) is 0 Å². The Balaban J connectivity index is 2.45. The Labute approximate surface area is 128 Å². The molecule has 0 saturated carbocycles. The number of halogens is 5. The van der Waals surface area contributed by atoms with Gasteiger partial charge in [-0.05, 0) is 54.2 Å². The van der Waals surface area contributed by atoms with Crippen LogP contribution in [0.3, 0.4) is 0 Å². The number of piperidine rings is 1. The molecule has 1 aliphatic rings. The molecule has 1 aromatic carbocycles. The molecule has 1 atom stereocenters. The van der Waals surface area contributed by atoms with Crippen LogP contribution in [-0.2, 0) is 6.18 Å². The van der Waals surface area contributed by atoms with Crippen LogP contribution < -0.4 is 0 Å². The Morgan fingerprint density at radius 2 is 2.00 bits per heavy atom. The summed E-state index contributed by atoms with van der Waals surface area (Å²) in [5.74, 6) is -2.21. The Hall–Kier alpha value is -1.11. The van der Waals surface area contributed by atoms with E-state index in [2.05, 4.69) is 15.9 Å². The van der Waals surface area contributed by atoms with Gasteiger partial charge in [0.25, 0.3) is 5.91 Å². The molecule has 1 heterocycles. The van der Waals surface area contributed by atoms with Gasteiger partial charge in [-0.25, -0.2) is 4.39 Å². The molecular weight excluding hydrogens is 354 g/mol. The van der Waals surface area contributed by atoms with Crippen molar-refractivity contribution in [1.82, 2.24) is 4.90 Å². The number of carbonyl (C=O) groups is 1. The largest absolute Gasteiger partial charge is 0.419 e. The fraction of sp³-hybridized carbons (Fsp3) is 0.500. The van der Waals surface area contributed by atoms with Gasteiger partial charge in [-0.3, -0.25) is 4.79 Å². The molecule has 1 saturated heterocycles. The van der Waals surface area contributed by atoms with Crippen molar-refractivity contribution < 1.29 is 22.4 Å². The molecule has 2 nitrogen and oxygen atoms in total. The van der Waals surface area contributed by atoms with E-state index in [1.165, 1.54) is 4.90 Å². The maximum absolute atomic E-state index is 14.2. The Kier molecular flexibility index (Phi) is 4.60. The number of amides is 1. The monoisotopic (exact) mass is 367 g/mol. The highest BCUT2D eigenvalue weighted by Gasteiger charge is 2.38. The summed E-state index contributed by atoms with van der Waals surface area (Å²) in [5, 5.41) is 0. The quantitative estimate of drug-likeness (QED) is 0.663. The molecule has 0 aliphatic carbocycles. The predicted molar refractivity (Wildman–Crippen MR) is 73.5 cm³/mol. The van der Waals surface area contributed by atoms with E-state index in [9.17, 15) is 22.4 Å². The number of hydrogen-bond acceptors (Lipinski definition) is 1. The summed E-state index contributed by atoms with van der Waals surface area (Å²) in [6, 6.07) is 1.59. The Morgan fingerprint density at radius 1 is 1.33 bits per heavy atom. The topological polar surface area (TPSA) is 20.3 Å². The van der Waals surface area contributed by atoms with Crippen LogP contribution in [0.5, 0.6) is 0 Å². The van der Waals surface area contributed by atoms with E-state index in [4.69, 9.17) is 0 Å². The van der Waals surface area contributed by atoms with E-state index in [0.29, 0.717) is 12.6 Å². The standard InChI is InChI=1S/C14H14BrF4NO/c1-8-4-2-3-7-20(8)13(21)11-10(15)6-5-9(12(11)16)14(17,18)19/h5-6,8H,2-4,7H2,1H3. The van der Waals surface area contributed by atoms with Crippen molar-refractivity contribution in [3.8, 4) is 0 Å². The van der Waals surface area contributed by atoms with Crippen LogP contribution in [0.15, 0.2) is 16.6 Å². The van der Waals surface area contributed by atoms with Crippen molar-refractivity contribution >= 4 is 21.8 Å². The fourth-order valence-corrected chi connectivity index (χ4v) is 2.99. The molecular formula is C14H14BrF4NO. The van der Waals surface area contributed by atoms with Crippen molar-refractivity contribution in [3.05, 3.63) is 33.5 Å². The van der Waals surface area contributed by atoms with E-state index in [0.717, 1.165) is 25.3 Å². The minimum absolute atomic E-state index is 0.0378. The maximum atomic E-state index is 14.2. The summed E-state index contributed by atoms with van der Waals surface area (Å²) >= 11 is 2.98. The highest BCUT2D eigenvalue weighted by molar-refractivity contribution is 9.10. The molecule has 0 N–H and O–H groups in total. The second-order valence-electron chi connectivity index (χ2n) is 5.13. The molecule has 1 amide bonds. The number of carbonyl (C=O) groups excluding carboxylic acids is 1. The predicted octanol–water partition coefficient (Wildman–Crippen LogP) is 4.62. The summed E-state index contributed by atoms with van der Waals surface area (Å²) in [7, 11) is 0. The number of hydrogen-bond donors (Lipinski definition) is 0. The van der Waals surface area contributed by atoms with Gasteiger partial charge in [0.15, 0.2) is 0 Å². The van der Waals surface area contributed by atoms with Crippen molar-refractivity contribution in [2.75, 3.05) is 6.54 Å². The van der Waals surface area contributed by atoms with E-state index in [1.54, 1.807) is 0 Å². The second kappa shape index (κ2) is 5.94. The van der Waals surface area contributed by atoms with Crippen LogP contribution in [0.1, 0.15) is 42.1 Å². The zero-order valence-electron chi connectivity index (χ0n) is 11.3. The summed E-state index contributed by atoms with van der Waals surface area (Å²) in [6.45, 7) is 2.25. The van der Waals surface area contributed by atoms with Gasteiger partial charge < -0.3 is 4.90 Å². The van der Waals surface area contributed by atoms with Crippen LogP contribution in [-0.4, -0.2) is 23.4 Å². The average molecular weight is 368 g/mol. The van der Waals surface area contributed by atoms with E-state index >= 15 is 0 Å². The van der Waals surface area contributed by atoms with Crippen LogP contribution >= 0.6 is 15.9 Å². The van der Waals surface area contributed by atoms with Crippen molar-refractivity contribution in [2.45, 2.75) is 38.4 Å². The third kappa shape index (κ3) is 3.22. The molecule has 0 radical (unpaired) electrons. The number of nitrogens with zero attached hydrogens (tertiary/aromatic N) is 1. The fourth-order valence-electron chi connectivity index (χ4n) is 2.51. The van der Waals surface area contributed by atoms with Crippen molar-refractivity contribution in [3.63, 3.8) is 0 Å². The first-order valence-electron chi connectivity index (χ1n) is 6.59. The molecule has 0 aromatic heterocycles. The lowest BCUT2D eigenvalue weighted by Gasteiger charge is -2.34. The van der Waals surface area contributed by atoms with Gasteiger partial charge in [0, 0.05) is 17.1 Å². The highest BCUT2D eigenvalue weighted by Crippen LogP contribution is 2.36. The zero-order valence-corrected chi connectivity index (χ0v) is 12.9. The third-order valence-electron chi connectivity index (χ3n) is 3.67. The normalized spacial score (nSPS) is 19.7. The first-order chi connectivity index (χ1) is 9.73. The smallest absolute Gasteiger partial charge is 0.336 e. The van der Waals surface area contributed by atoms with E-state index in [1.807, 2.05) is 6.92 Å². The summed E-state index contributed by atoms with van der Waals surface area (Å²) < 4.78 is 52.5.